The summed E-state index contributed by atoms with van der Waals surface area (Å²) in [5.74, 6) is 0. The molecule has 1 aliphatic carbocycles. The van der Waals surface area contributed by atoms with Gasteiger partial charge in [-0.15, -0.1) is 0 Å². The minimum Gasteiger partial charge on any atom is -0.187 e. The summed E-state index contributed by atoms with van der Waals surface area (Å²) in [5.41, 5.74) is 13.3. The zero-order valence-corrected chi connectivity index (χ0v) is 32.0. The van der Waals surface area contributed by atoms with Gasteiger partial charge in [0.1, 0.15) is 11.0 Å². The second-order valence-electron chi connectivity index (χ2n) is 15.6. The van der Waals surface area contributed by atoms with Crippen LogP contribution in [0.3, 0.4) is 0 Å². The summed E-state index contributed by atoms with van der Waals surface area (Å²) in [4.78, 5) is 1.73. The highest BCUT2D eigenvalue weighted by Gasteiger charge is 2.42. The van der Waals surface area contributed by atoms with Gasteiger partial charge in [0, 0.05) is 18.0 Å². The van der Waals surface area contributed by atoms with Crippen molar-refractivity contribution in [3.8, 4) is 22.3 Å². The topological polar surface area (TPSA) is 30.7 Å². The van der Waals surface area contributed by atoms with Crippen molar-refractivity contribution in [3.05, 3.63) is 70.8 Å². The molecule has 4 aromatic rings. The number of rotatable bonds is 23. The fraction of sp³-hybridized carbons (Fsp3) is 0.609. The Morgan fingerprint density at radius 2 is 0.939 bits per heavy atom. The van der Waals surface area contributed by atoms with Crippen molar-refractivity contribution in [1.29, 1.82) is 0 Å². The summed E-state index contributed by atoms with van der Waals surface area (Å²) in [6, 6.07) is 19.1. The zero-order valence-electron chi connectivity index (χ0n) is 32.0. The van der Waals surface area contributed by atoms with Crippen LogP contribution in [0.5, 0.6) is 0 Å². The normalized spacial score (nSPS) is 13.3. The maximum absolute atomic E-state index is 4.85. The van der Waals surface area contributed by atoms with Crippen LogP contribution in [0.4, 0.5) is 0 Å². The number of aryl methyl sites for hydroxylation is 3. The molecule has 5 rings (SSSR count). The number of benzene rings is 3. The first kappa shape index (κ1) is 37.3. The molecule has 3 nitrogen and oxygen atoms in total. The molecule has 0 fully saturated rings. The van der Waals surface area contributed by atoms with E-state index in [1.807, 2.05) is 7.05 Å². The van der Waals surface area contributed by atoms with Gasteiger partial charge >= 0.3 is 0 Å². The van der Waals surface area contributed by atoms with Gasteiger partial charge in [-0.05, 0) is 66.1 Å². The van der Waals surface area contributed by atoms with Gasteiger partial charge in [-0.3, -0.25) is 0 Å². The SMILES string of the molecule is CCCCCCCCCCCCC1(CCCCCCCCCCCC)c2cc(C)ccc2-c2ccc(-c3ccc(C)c4nn(C)nc34)cc21. The molecule has 0 aliphatic heterocycles. The van der Waals surface area contributed by atoms with Gasteiger partial charge in [0.2, 0.25) is 0 Å². The van der Waals surface area contributed by atoms with Gasteiger partial charge in [-0.1, -0.05) is 190 Å². The number of fused-ring (bicyclic) bond motifs is 4. The Bertz CT molecular complexity index is 1570. The molecule has 0 radical (unpaired) electrons. The molecule has 0 unspecified atom stereocenters. The fourth-order valence-electron chi connectivity index (χ4n) is 8.72. The van der Waals surface area contributed by atoms with Gasteiger partial charge in [-0.25, -0.2) is 0 Å². The van der Waals surface area contributed by atoms with Crippen LogP contribution in [0.2, 0.25) is 0 Å². The van der Waals surface area contributed by atoms with Crippen LogP contribution in [0, 0.1) is 13.8 Å². The number of unbranched alkanes of at least 4 members (excludes halogenated alkanes) is 18. The number of nitrogens with zero attached hydrogens (tertiary/aromatic N) is 3. The van der Waals surface area contributed by atoms with E-state index in [0.717, 1.165) is 11.0 Å². The number of hydrogen-bond donors (Lipinski definition) is 0. The Morgan fingerprint density at radius 1 is 0.490 bits per heavy atom. The third-order valence-corrected chi connectivity index (χ3v) is 11.6. The molecule has 1 aliphatic rings. The van der Waals surface area contributed by atoms with Crippen LogP contribution < -0.4 is 0 Å². The van der Waals surface area contributed by atoms with Crippen molar-refractivity contribution in [2.75, 3.05) is 0 Å². The van der Waals surface area contributed by atoms with E-state index in [0.29, 0.717) is 0 Å². The van der Waals surface area contributed by atoms with Gasteiger partial charge in [0.15, 0.2) is 0 Å². The smallest absolute Gasteiger partial charge is 0.121 e. The lowest BCUT2D eigenvalue weighted by molar-refractivity contribution is 0.397. The van der Waals surface area contributed by atoms with Crippen LogP contribution in [0.1, 0.15) is 177 Å². The lowest BCUT2D eigenvalue weighted by Crippen LogP contribution is -2.25. The van der Waals surface area contributed by atoms with Crippen LogP contribution >= 0.6 is 0 Å². The number of hydrogen-bond acceptors (Lipinski definition) is 2. The van der Waals surface area contributed by atoms with Crippen molar-refractivity contribution >= 4 is 11.0 Å². The quantitative estimate of drug-likeness (QED) is 0.0741. The maximum atomic E-state index is 4.85. The van der Waals surface area contributed by atoms with Crippen molar-refractivity contribution < 1.29 is 0 Å². The molecule has 266 valence electrons. The highest BCUT2D eigenvalue weighted by molar-refractivity contribution is 5.94. The van der Waals surface area contributed by atoms with Crippen molar-refractivity contribution in [3.63, 3.8) is 0 Å². The van der Waals surface area contributed by atoms with Crippen LogP contribution in [-0.2, 0) is 12.5 Å². The summed E-state index contributed by atoms with van der Waals surface area (Å²) in [7, 11) is 1.94. The highest BCUT2D eigenvalue weighted by Crippen LogP contribution is 2.55. The minimum atomic E-state index is 0.0825. The third kappa shape index (κ3) is 9.44. The van der Waals surface area contributed by atoms with E-state index < -0.39 is 0 Å². The Hall–Kier alpha value is -2.94. The van der Waals surface area contributed by atoms with Crippen LogP contribution in [0.25, 0.3) is 33.3 Å². The van der Waals surface area contributed by atoms with Crippen molar-refractivity contribution in [2.24, 2.45) is 7.05 Å². The average Bonchev–Trinajstić information content (AvgIpc) is 3.62. The predicted molar refractivity (Wildman–Crippen MR) is 213 cm³/mol. The second-order valence-corrected chi connectivity index (χ2v) is 15.6. The molecule has 49 heavy (non-hydrogen) atoms. The van der Waals surface area contributed by atoms with Crippen molar-refractivity contribution in [2.45, 2.75) is 174 Å². The van der Waals surface area contributed by atoms with Gasteiger partial charge in [0.05, 0.1) is 0 Å². The Kier molecular flexibility index (Phi) is 14.4. The molecule has 0 saturated carbocycles. The van der Waals surface area contributed by atoms with Gasteiger partial charge < -0.3 is 0 Å². The first-order chi connectivity index (χ1) is 24.0. The molecule has 3 heteroatoms. The zero-order chi connectivity index (χ0) is 34.5. The van der Waals surface area contributed by atoms with E-state index in [1.54, 1.807) is 15.9 Å². The summed E-state index contributed by atoms with van der Waals surface area (Å²) in [6.45, 7) is 9.06. The fourth-order valence-corrected chi connectivity index (χ4v) is 8.72. The minimum absolute atomic E-state index is 0.0825. The molecule has 0 spiro atoms. The average molecular weight is 662 g/mol. The van der Waals surface area contributed by atoms with Gasteiger partial charge in [-0.2, -0.15) is 15.0 Å². The Balaban J connectivity index is 1.37. The molecule has 3 aromatic carbocycles. The first-order valence-electron chi connectivity index (χ1n) is 20.6. The van der Waals surface area contributed by atoms with E-state index >= 15 is 0 Å². The highest BCUT2D eigenvalue weighted by atomic mass is 15.4. The van der Waals surface area contributed by atoms with E-state index in [4.69, 9.17) is 10.2 Å². The molecular formula is C46H67N3. The second kappa shape index (κ2) is 18.9. The molecular weight excluding hydrogens is 595 g/mol. The molecule has 0 N–H and O–H groups in total. The summed E-state index contributed by atoms with van der Waals surface area (Å²) in [6.07, 6.45) is 30.2. The van der Waals surface area contributed by atoms with Gasteiger partial charge in [0.25, 0.3) is 0 Å². The lowest BCUT2D eigenvalue weighted by Gasteiger charge is -2.33. The lowest BCUT2D eigenvalue weighted by atomic mass is 9.70. The van der Waals surface area contributed by atoms with Crippen LogP contribution in [0.15, 0.2) is 48.5 Å². The molecule has 0 amide bonds. The molecule has 0 bridgehead atoms. The molecule has 1 heterocycles. The first-order valence-corrected chi connectivity index (χ1v) is 20.6. The number of aromatic nitrogens is 3. The van der Waals surface area contributed by atoms with E-state index in [1.165, 1.54) is 175 Å². The Labute approximate surface area is 299 Å². The van der Waals surface area contributed by atoms with E-state index in [2.05, 4.69) is 76.2 Å². The van der Waals surface area contributed by atoms with Crippen molar-refractivity contribution in [1.82, 2.24) is 15.0 Å². The molecule has 0 saturated heterocycles. The third-order valence-electron chi connectivity index (χ3n) is 11.6. The predicted octanol–water partition coefficient (Wildman–Crippen LogP) is 14.1. The van der Waals surface area contributed by atoms with E-state index in [9.17, 15) is 0 Å². The van der Waals surface area contributed by atoms with E-state index in [-0.39, 0.29) is 5.41 Å². The monoisotopic (exact) mass is 662 g/mol. The summed E-state index contributed by atoms with van der Waals surface area (Å²) >= 11 is 0. The largest absolute Gasteiger partial charge is 0.187 e. The molecule has 1 aromatic heterocycles. The Morgan fingerprint density at radius 3 is 1.49 bits per heavy atom. The van der Waals surface area contributed by atoms with Crippen LogP contribution in [-0.4, -0.2) is 15.0 Å². The summed E-state index contributed by atoms with van der Waals surface area (Å²) < 4.78 is 0. The maximum Gasteiger partial charge on any atom is 0.121 e. The summed E-state index contributed by atoms with van der Waals surface area (Å²) in [5, 5.41) is 9.58. The molecule has 0 atom stereocenters. The standard InChI is InChI=1S/C46H67N3/c1-6-8-10-12-14-16-18-20-22-24-32-46(33-25-23-21-19-17-15-13-11-9-7-2)42-34-36(3)26-29-40(42)41-31-28-38(35-43(41)46)39-30-27-37(4)44-45(39)48-49(5)47-44/h26-31,34-35H,6-25,32-33H2,1-5H3.